The lowest BCUT2D eigenvalue weighted by molar-refractivity contribution is -0.149. The van der Waals surface area contributed by atoms with Gasteiger partial charge in [-0.2, -0.15) is 0 Å². The Morgan fingerprint density at radius 1 is 1.29 bits per heavy atom. The molecular weight excluding hydrogens is 93.1 g/mol. The molecule has 0 radical (unpaired) electrons. The lowest BCUT2D eigenvalue weighted by Gasteiger charge is -2.63. The molecule has 40 valence electrons. The highest BCUT2D eigenvalue weighted by Crippen LogP contribution is 2.61. The molecule has 0 heterocycles. The highest BCUT2D eigenvalue weighted by molar-refractivity contribution is 5.23. The normalized spacial score (nSPS) is 66.0. The third-order valence-electron chi connectivity index (χ3n) is 2.01. The number of alkyl halides is 1. The summed E-state index contributed by atoms with van der Waals surface area (Å²) >= 11 is 0. The van der Waals surface area contributed by atoms with E-state index in [-0.39, 0.29) is 5.54 Å². The van der Waals surface area contributed by atoms with Gasteiger partial charge in [-0.15, -0.1) is 0 Å². The largest absolute Gasteiger partial charge is 0.325 e. The molecule has 0 aliphatic heterocycles. The SMILES string of the molecule is NC12CC(F)(C1)C2. The average Bonchev–Trinajstić information content (AvgIpc) is 1.27. The fourth-order valence-corrected chi connectivity index (χ4v) is 1.74. The minimum Gasteiger partial charge on any atom is -0.325 e. The van der Waals surface area contributed by atoms with E-state index >= 15 is 0 Å². The summed E-state index contributed by atoms with van der Waals surface area (Å²) in [4.78, 5) is 0. The molecule has 3 aliphatic rings. The zero-order valence-electron chi connectivity index (χ0n) is 4.08. The standard InChI is InChI=1S/C5H8FN/c6-4-1-5(7,2-4)3-4/h1-3,7H2. The number of nitrogens with two attached hydrogens (primary N) is 1. The van der Waals surface area contributed by atoms with Crippen molar-refractivity contribution in [1.82, 2.24) is 0 Å². The van der Waals surface area contributed by atoms with E-state index in [1.807, 2.05) is 0 Å². The summed E-state index contributed by atoms with van der Waals surface area (Å²) in [5.41, 5.74) is 4.69. The fraction of sp³-hybridized carbons (Fsp3) is 1.00. The van der Waals surface area contributed by atoms with Gasteiger partial charge in [0.1, 0.15) is 5.67 Å². The summed E-state index contributed by atoms with van der Waals surface area (Å²) in [6.45, 7) is 0. The maximum absolute atomic E-state index is 12.4. The molecule has 2 heteroatoms. The van der Waals surface area contributed by atoms with Crippen LogP contribution in [-0.4, -0.2) is 11.2 Å². The van der Waals surface area contributed by atoms with E-state index < -0.39 is 5.67 Å². The molecule has 3 rings (SSSR count). The summed E-state index contributed by atoms with van der Waals surface area (Å²) in [7, 11) is 0. The molecule has 0 spiro atoms. The lowest BCUT2D eigenvalue weighted by atomic mass is 9.48. The molecule has 0 unspecified atom stereocenters. The van der Waals surface area contributed by atoms with Gasteiger partial charge in [-0.05, 0) is 19.3 Å². The predicted octanol–water partition coefficient (Wildman–Crippen LogP) is 0.590. The molecular formula is C5H8FN. The average molecular weight is 101 g/mol. The van der Waals surface area contributed by atoms with Crippen molar-refractivity contribution in [3.8, 4) is 0 Å². The maximum Gasteiger partial charge on any atom is 0.116 e. The Balaban J connectivity index is 2.16. The molecule has 0 amide bonds. The van der Waals surface area contributed by atoms with E-state index in [1.54, 1.807) is 0 Å². The molecule has 1 nitrogen and oxygen atoms in total. The van der Waals surface area contributed by atoms with Crippen molar-refractivity contribution < 1.29 is 4.39 Å². The molecule has 3 fully saturated rings. The molecule has 0 atom stereocenters. The Morgan fingerprint density at radius 2 is 1.71 bits per heavy atom. The van der Waals surface area contributed by atoms with Crippen LogP contribution in [0, 0.1) is 0 Å². The van der Waals surface area contributed by atoms with Crippen LogP contribution in [0.1, 0.15) is 19.3 Å². The first kappa shape index (κ1) is 3.84. The predicted molar refractivity (Wildman–Crippen MR) is 24.6 cm³/mol. The van der Waals surface area contributed by atoms with Crippen molar-refractivity contribution in [3.05, 3.63) is 0 Å². The lowest BCUT2D eigenvalue weighted by Crippen LogP contribution is -2.74. The van der Waals surface area contributed by atoms with Crippen LogP contribution in [0.15, 0.2) is 0 Å². The number of rotatable bonds is 0. The molecule has 3 aliphatic carbocycles. The quantitative estimate of drug-likeness (QED) is 0.474. The maximum atomic E-state index is 12.4. The highest BCUT2D eigenvalue weighted by atomic mass is 19.1. The smallest absolute Gasteiger partial charge is 0.116 e. The second kappa shape index (κ2) is 0.635. The summed E-state index contributed by atoms with van der Waals surface area (Å²) in [6, 6.07) is 0. The second-order valence-corrected chi connectivity index (χ2v) is 3.04. The molecule has 2 bridgehead atoms. The van der Waals surface area contributed by atoms with Gasteiger partial charge in [0.2, 0.25) is 0 Å². The van der Waals surface area contributed by atoms with Gasteiger partial charge in [-0.25, -0.2) is 4.39 Å². The van der Waals surface area contributed by atoms with Crippen molar-refractivity contribution in [2.45, 2.75) is 30.5 Å². The van der Waals surface area contributed by atoms with Gasteiger partial charge in [0.25, 0.3) is 0 Å². The van der Waals surface area contributed by atoms with Crippen molar-refractivity contribution in [3.63, 3.8) is 0 Å². The summed E-state index contributed by atoms with van der Waals surface area (Å²) in [5, 5.41) is 0. The van der Waals surface area contributed by atoms with Crippen LogP contribution in [0.25, 0.3) is 0 Å². The van der Waals surface area contributed by atoms with Crippen molar-refractivity contribution in [1.29, 1.82) is 0 Å². The summed E-state index contributed by atoms with van der Waals surface area (Å²) < 4.78 is 12.4. The van der Waals surface area contributed by atoms with Crippen LogP contribution in [0.4, 0.5) is 4.39 Å². The zero-order valence-corrected chi connectivity index (χ0v) is 4.08. The minimum atomic E-state index is -0.797. The van der Waals surface area contributed by atoms with Crippen LogP contribution in [0.2, 0.25) is 0 Å². The van der Waals surface area contributed by atoms with Gasteiger partial charge in [0, 0.05) is 5.54 Å². The van der Waals surface area contributed by atoms with Gasteiger partial charge in [-0.3, -0.25) is 0 Å². The molecule has 7 heavy (non-hydrogen) atoms. The van der Waals surface area contributed by atoms with Gasteiger partial charge in [0.05, 0.1) is 0 Å². The van der Waals surface area contributed by atoms with Crippen molar-refractivity contribution in [2.75, 3.05) is 0 Å². The minimum absolute atomic E-state index is 0.0469. The Hall–Kier alpha value is -0.110. The topological polar surface area (TPSA) is 26.0 Å². The van der Waals surface area contributed by atoms with Crippen LogP contribution >= 0.6 is 0 Å². The second-order valence-electron chi connectivity index (χ2n) is 3.04. The van der Waals surface area contributed by atoms with Crippen molar-refractivity contribution >= 4 is 0 Å². The molecule has 0 aromatic rings. The third kappa shape index (κ3) is 0.278. The molecule has 0 saturated heterocycles. The first-order valence-corrected chi connectivity index (χ1v) is 2.60. The van der Waals surface area contributed by atoms with E-state index in [0.717, 1.165) is 0 Å². The third-order valence-corrected chi connectivity index (χ3v) is 2.01. The fourth-order valence-electron chi connectivity index (χ4n) is 1.74. The number of hydrogen-bond acceptors (Lipinski definition) is 1. The van der Waals surface area contributed by atoms with E-state index in [0.29, 0.717) is 19.3 Å². The van der Waals surface area contributed by atoms with Crippen LogP contribution in [0.5, 0.6) is 0 Å². The highest BCUT2D eigenvalue weighted by Gasteiger charge is 2.67. The molecule has 2 N–H and O–H groups in total. The van der Waals surface area contributed by atoms with E-state index in [9.17, 15) is 4.39 Å². The first-order valence-electron chi connectivity index (χ1n) is 2.60. The van der Waals surface area contributed by atoms with E-state index in [2.05, 4.69) is 0 Å². The summed E-state index contributed by atoms with van der Waals surface area (Å²) in [5.74, 6) is 0. The van der Waals surface area contributed by atoms with Gasteiger partial charge < -0.3 is 5.73 Å². The van der Waals surface area contributed by atoms with Crippen LogP contribution in [0.3, 0.4) is 0 Å². The summed E-state index contributed by atoms with van der Waals surface area (Å²) in [6.07, 6.45) is 1.88. The number of hydrogen-bond donors (Lipinski definition) is 1. The Kier molecular flexibility index (Phi) is 0.348. The van der Waals surface area contributed by atoms with Crippen LogP contribution < -0.4 is 5.73 Å². The first-order chi connectivity index (χ1) is 3.12. The molecule has 3 saturated carbocycles. The monoisotopic (exact) mass is 101 g/mol. The van der Waals surface area contributed by atoms with Crippen LogP contribution in [-0.2, 0) is 0 Å². The van der Waals surface area contributed by atoms with Crippen molar-refractivity contribution in [2.24, 2.45) is 5.73 Å². The Labute approximate surface area is 41.7 Å². The zero-order chi connectivity index (χ0) is 5.12. The van der Waals surface area contributed by atoms with Gasteiger partial charge >= 0.3 is 0 Å². The molecule has 0 aromatic carbocycles. The van der Waals surface area contributed by atoms with Gasteiger partial charge in [-0.1, -0.05) is 0 Å². The van der Waals surface area contributed by atoms with E-state index in [1.165, 1.54) is 0 Å². The Bertz CT molecular complexity index is 89.5. The Morgan fingerprint density at radius 3 is 1.71 bits per heavy atom. The van der Waals surface area contributed by atoms with Gasteiger partial charge in [0.15, 0.2) is 0 Å². The van der Waals surface area contributed by atoms with E-state index in [4.69, 9.17) is 5.73 Å². The molecule has 0 aromatic heterocycles. The number of halogens is 1.